The Balaban J connectivity index is 1.17. The third-order valence-electron chi connectivity index (χ3n) is 9.10. The van der Waals surface area contributed by atoms with Crippen LogP contribution in [0.5, 0.6) is 0 Å². The lowest BCUT2D eigenvalue weighted by atomic mass is 10.0. The number of nitrogens with zero attached hydrogens (tertiary/aromatic N) is 2. The minimum Gasteiger partial charge on any atom is -0.436 e. The molecule has 0 radical (unpaired) electrons. The van der Waals surface area contributed by atoms with Gasteiger partial charge in [0.15, 0.2) is 5.58 Å². The molecule has 10 rings (SSSR count). The molecule has 0 atom stereocenters. The number of thiophene rings is 2. The van der Waals surface area contributed by atoms with E-state index in [0.29, 0.717) is 5.89 Å². The molecule has 0 aliphatic rings. The molecule has 5 heteroatoms. The van der Waals surface area contributed by atoms with Gasteiger partial charge in [-0.3, -0.25) is 0 Å². The maximum absolute atomic E-state index is 6.28. The van der Waals surface area contributed by atoms with Crippen LogP contribution in [0.4, 0.5) is 17.1 Å². The Morgan fingerprint density at radius 1 is 0.458 bits per heavy atom. The van der Waals surface area contributed by atoms with Crippen LogP contribution >= 0.6 is 22.7 Å². The molecule has 0 saturated heterocycles. The van der Waals surface area contributed by atoms with E-state index in [1.807, 2.05) is 41.7 Å². The molecule has 10 aromatic rings. The standard InChI is InChI=1S/C43H26N2OS2/c1-3-10-27(11-4-1)28-18-20-30(21-19-28)45(31-22-23-40-34(24-31)32-14-7-8-17-39(32)47-40)37-16-9-15-33-35-25-36-38(26-41(35)48-42(33)37)46-43(44-36)29-12-5-2-6-13-29/h1-26H. The number of hydrogen-bond donors (Lipinski definition) is 0. The molecule has 0 amide bonds. The van der Waals surface area contributed by atoms with Gasteiger partial charge in [-0.1, -0.05) is 91.0 Å². The van der Waals surface area contributed by atoms with Gasteiger partial charge in [0.25, 0.3) is 0 Å². The van der Waals surface area contributed by atoms with Crippen molar-refractivity contribution in [3.8, 4) is 22.6 Å². The highest BCUT2D eigenvalue weighted by Gasteiger charge is 2.20. The summed E-state index contributed by atoms with van der Waals surface area (Å²) in [5, 5.41) is 4.98. The Hall–Kier alpha value is -5.75. The number of aromatic nitrogens is 1. The molecule has 0 bridgehead atoms. The highest BCUT2D eigenvalue weighted by molar-refractivity contribution is 7.26. The minimum atomic E-state index is 0.648. The second-order valence-corrected chi connectivity index (χ2v) is 14.1. The highest BCUT2D eigenvalue weighted by Crippen LogP contribution is 2.47. The molecule has 48 heavy (non-hydrogen) atoms. The highest BCUT2D eigenvalue weighted by atomic mass is 32.1. The van der Waals surface area contributed by atoms with E-state index in [1.54, 1.807) is 11.3 Å². The average Bonchev–Trinajstić information content (AvgIpc) is 3.85. The van der Waals surface area contributed by atoms with Gasteiger partial charge in [0.05, 0.1) is 10.4 Å². The van der Waals surface area contributed by atoms with Gasteiger partial charge >= 0.3 is 0 Å². The number of benzene rings is 7. The molecule has 0 aliphatic heterocycles. The molecule has 0 spiro atoms. The number of rotatable bonds is 5. The lowest BCUT2D eigenvalue weighted by Crippen LogP contribution is -2.10. The van der Waals surface area contributed by atoms with Crippen molar-refractivity contribution in [1.82, 2.24) is 4.98 Å². The molecule has 3 heterocycles. The quantitative estimate of drug-likeness (QED) is 0.186. The van der Waals surface area contributed by atoms with E-state index < -0.39 is 0 Å². The molecular formula is C43H26N2OS2. The number of oxazole rings is 1. The van der Waals surface area contributed by atoms with Gasteiger partial charge in [0.2, 0.25) is 5.89 Å². The van der Waals surface area contributed by atoms with E-state index in [1.165, 1.54) is 51.5 Å². The molecule has 0 saturated carbocycles. The Morgan fingerprint density at radius 3 is 1.96 bits per heavy atom. The zero-order chi connectivity index (χ0) is 31.6. The number of hydrogen-bond acceptors (Lipinski definition) is 5. The summed E-state index contributed by atoms with van der Waals surface area (Å²) in [6.07, 6.45) is 0. The van der Waals surface area contributed by atoms with Crippen LogP contribution in [0.25, 0.3) is 74.0 Å². The first kappa shape index (κ1) is 27.4. The molecule has 3 nitrogen and oxygen atoms in total. The lowest BCUT2D eigenvalue weighted by Gasteiger charge is -2.26. The van der Waals surface area contributed by atoms with Gasteiger partial charge in [-0.05, 0) is 71.8 Å². The van der Waals surface area contributed by atoms with E-state index in [-0.39, 0.29) is 0 Å². The summed E-state index contributed by atoms with van der Waals surface area (Å²) in [5.74, 6) is 0.648. The fraction of sp³-hybridized carbons (Fsp3) is 0. The van der Waals surface area contributed by atoms with Crippen LogP contribution in [0.3, 0.4) is 0 Å². The number of anilines is 3. The molecule has 0 unspecified atom stereocenters. The summed E-state index contributed by atoms with van der Waals surface area (Å²) in [6.45, 7) is 0. The van der Waals surface area contributed by atoms with Crippen molar-refractivity contribution in [1.29, 1.82) is 0 Å². The van der Waals surface area contributed by atoms with Crippen molar-refractivity contribution in [3.63, 3.8) is 0 Å². The van der Waals surface area contributed by atoms with E-state index in [0.717, 1.165) is 33.7 Å². The Morgan fingerprint density at radius 2 is 1.12 bits per heavy atom. The predicted octanol–water partition coefficient (Wildman–Crippen LogP) is 13.4. The van der Waals surface area contributed by atoms with Crippen LogP contribution in [0, 0.1) is 0 Å². The van der Waals surface area contributed by atoms with E-state index in [2.05, 4.69) is 132 Å². The first-order chi connectivity index (χ1) is 23.8. The molecule has 7 aromatic carbocycles. The molecular weight excluding hydrogens is 625 g/mol. The molecule has 3 aromatic heterocycles. The van der Waals surface area contributed by atoms with Gasteiger partial charge in [-0.2, -0.15) is 0 Å². The third-order valence-corrected chi connectivity index (χ3v) is 11.4. The van der Waals surface area contributed by atoms with Crippen molar-refractivity contribution in [3.05, 3.63) is 158 Å². The van der Waals surface area contributed by atoms with E-state index >= 15 is 0 Å². The predicted molar refractivity (Wildman–Crippen MR) is 205 cm³/mol. The van der Waals surface area contributed by atoms with Crippen LogP contribution in [0.15, 0.2) is 162 Å². The topological polar surface area (TPSA) is 29.3 Å². The summed E-state index contributed by atoms with van der Waals surface area (Å²) in [4.78, 5) is 7.29. The monoisotopic (exact) mass is 650 g/mol. The summed E-state index contributed by atoms with van der Waals surface area (Å²) in [5.41, 5.74) is 8.45. The van der Waals surface area contributed by atoms with E-state index in [4.69, 9.17) is 9.40 Å². The fourth-order valence-electron chi connectivity index (χ4n) is 6.80. The van der Waals surface area contributed by atoms with E-state index in [9.17, 15) is 0 Å². The SMILES string of the molecule is c1ccc(-c2ccc(N(c3ccc4sc5ccccc5c4c3)c3cccc4c3sc3cc5oc(-c6ccccc6)nc5cc34)cc2)cc1. The first-order valence-electron chi connectivity index (χ1n) is 15.9. The van der Waals surface area contributed by atoms with Crippen molar-refractivity contribution in [2.75, 3.05) is 4.90 Å². The van der Waals surface area contributed by atoms with Gasteiger partial charge in [0.1, 0.15) is 5.52 Å². The smallest absolute Gasteiger partial charge is 0.227 e. The van der Waals surface area contributed by atoms with Crippen molar-refractivity contribution in [2.24, 2.45) is 0 Å². The Labute approximate surface area is 284 Å². The van der Waals surface area contributed by atoms with Crippen LogP contribution in [-0.4, -0.2) is 4.98 Å². The summed E-state index contributed by atoms with van der Waals surface area (Å²) >= 11 is 3.66. The van der Waals surface area contributed by atoms with Crippen LogP contribution in [-0.2, 0) is 0 Å². The van der Waals surface area contributed by atoms with Crippen LogP contribution < -0.4 is 4.90 Å². The van der Waals surface area contributed by atoms with Gasteiger partial charge in [0, 0.05) is 58.6 Å². The Bertz CT molecular complexity index is 2780. The molecule has 226 valence electrons. The van der Waals surface area contributed by atoms with Gasteiger partial charge in [-0.25, -0.2) is 4.98 Å². The maximum atomic E-state index is 6.28. The Kier molecular flexibility index (Phi) is 6.22. The first-order valence-corrected chi connectivity index (χ1v) is 17.6. The van der Waals surface area contributed by atoms with Gasteiger partial charge < -0.3 is 9.32 Å². The zero-order valence-corrected chi connectivity index (χ0v) is 27.3. The summed E-state index contributed by atoms with van der Waals surface area (Å²) < 4.78 is 11.3. The van der Waals surface area contributed by atoms with Crippen molar-refractivity contribution in [2.45, 2.75) is 0 Å². The van der Waals surface area contributed by atoms with Crippen LogP contribution in [0.1, 0.15) is 0 Å². The lowest BCUT2D eigenvalue weighted by molar-refractivity contribution is 0.620. The van der Waals surface area contributed by atoms with Crippen molar-refractivity contribution >= 4 is 91.2 Å². The van der Waals surface area contributed by atoms with Crippen molar-refractivity contribution < 1.29 is 4.42 Å². The maximum Gasteiger partial charge on any atom is 0.227 e. The largest absolute Gasteiger partial charge is 0.436 e. The second kappa shape index (κ2) is 10.9. The third kappa shape index (κ3) is 4.43. The molecule has 0 aliphatic carbocycles. The summed E-state index contributed by atoms with van der Waals surface area (Å²) in [6, 6.07) is 56.2. The normalized spacial score (nSPS) is 11.8. The van der Waals surface area contributed by atoms with Crippen LogP contribution in [0.2, 0.25) is 0 Å². The molecule has 0 N–H and O–H groups in total. The second-order valence-electron chi connectivity index (χ2n) is 12.0. The number of fused-ring (bicyclic) bond motifs is 7. The molecule has 0 fully saturated rings. The average molecular weight is 651 g/mol. The minimum absolute atomic E-state index is 0.648. The fourth-order valence-corrected chi connectivity index (χ4v) is 9.10. The van der Waals surface area contributed by atoms with Gasteiger partial charge in [-0.15, -0.1) is 22.7 Å². The zero-order valence-electron chi connectivity index (χ0n) is 25.6. The summed E-state index contributed by atoms with van der Waals surface area (Å²) in [7, 11) is 0.